The van der Waals surface area contributed by atoms with Crippen LogP contribution >= 0.6 is 0 Å². The molecule has 1 unspecified atom stereocenters. The third-order valence-corrected chi connectivity index (χ3v) is 1.14. The molecule has 0 aromatic carbocycles. The van der Waals surface area contributed by atoms with Gasteiger partial charge in [0.15, 0.2) is 0 Å². The number of nitrogens with one attached hydrogen (secondary N) is 1. The molecule has 0 fully saturated rings. The van der Waals surface area contributed by atoms with Crippen LogP contribution in [-0.2, 0) is 4.79 Å². The Kier molecular flexibility index (Phi) is 3.69. The van der Waals surface area contributed by atoms with Crippen LogP contribution in [0.25, 0.3) is 0 Å². The van der Waals surface area contributed by atoms with Gasteiger partial charge in [0.25, 0.3) is 0 Å². The fourth-order valence-corrected chi connectivity index (χ4v) is 0.429. The van der Waals surface area contributed by atoms with E-state index in [4.69, 9.17) is 10.5 Å². The van der Waals surface area contributed by atoms with Gasteiger partial charge in [-0.05, 0) is 13.8 Å². The number of nitriles is 2. The van der Waals surface area contributed by atoms with Gasteiger partial charge in [0.1, 0.15) is 12.0 Å². The Labute approximate surface area is 65.4 Å². The highest BCUT2D eigenvalue weighted by molar-refractivity contribution is 5.81. The standard InChI is InChI=1S/C7H9N3O/c1-5(3-8)7(11)10-6(2)4-9/h5-6H,1-2H3,(H,10,11)/t5?,6-/m0/s1. The lowest BCUT2D eigenvalue weighted by molar-refractivity contribution is -0.123. The van der Waals surface area contributed by atoms with Crippen molar-refractivity contribution in [3.05, 3.63) is 0 Å². The van der Waals surface area contributed by atoms with Gasteiger partial charge in [0, 0.05) is 0 Å². The lowest BCUT2D eigenvalue weighted by Gasteiger charge is -2.06. The molecule has 1 amide bonds. The lowest BCUT2D eigenvalue weighted by Crippen LogP contribution is -2.34. The van der Waals surface area contributed by atoms with Gasteiger partial charge in [-0.25, -0.2) is 0 Å². The Balaban J connectivity index is 3.92. The molecule has 0 aromatic rings. The summed E-state index contributed by atoms with van der Waals surface area (Å²) in [6.07, 6.45) is 0. The number of hydrogen-bond donors (Lipinski definition) is 1. The molecule has 0 aliphatic heterocycles. The van der Waals surface area contributed by atoms with Gasteiger partial charge in [0.2, 0.25) is 5.91 Å². The van der Waals surface area contributed by atoms with E-state index < -0.39 is 17.9 Å². The molecule has 11 heavy (non-hydrogen) atoms. The summed E-state index contributed by atoms with van der Waals surface area (Å²) in [5, 5.41) is 18.9. The largest absolute Gasteiger partial charge is 0.339 e. The van der Waals surface area contributed by atoms with E-state index in [0.717, 1.165) is 0 Å². The maximum absolute atomic E-state index is 10.9. The van der Waals surface area contributed by atoms with Crippen LogP contribution in [0, 0.1) is 28.6 Å². The first-order valence-corrected chi connectivity index (χ1v) is 3.21. The summed E-state index contributed by atoms with van der Waals surface area (Å²) in [4.78, 5) is 10.9. The molecule has 4 heteroatoms. The van der Waals surface area contributed by atoms with Crippen molar-refractivity contribution >= 4 is 5.91 Å². The number of carbonyl (C=O) groups excluding carboxylic acids is 1. The van der Waals surface area contributed by atoms with Crippen molar-refractivity contribution in [2.75, 3.05) is 0 Å². The third kappa shape index (κ3) is 3.22. The molecule has 0 saturated carbocycles. The van der Waals surface area contributed by atoms with Crippen molar-refractivity contribution in [2.45, 2.75) is 19.9 Å². The average Bonchev–Trinajstić information content (AvgIpc) is 2.02. The molecule has 0 aromatic heterocycles. The highest BCUT2D eigenvalue weighted by Gasteiger charge is 2.12. The van der Waals surface area contributed by atoms with Gasteiger partial charge in [-0.15, -0.1) is 0 Å². The van der Waals surface area contributed by atoms with Crippen LogP contribution in [-0.4, -0.2) is 11.9 Å². The topological polar surface area (TPSA) is 76.7 Å². The lowest BCUT2D eigenvalue weighted by atomic mass is 10.2. The van der Waals surface area contributed by atoms with Gasteiger partial charge < -0.3 is 5.32 Å². The molecule has 0 spiro atoms. The van der Waals surface area contributed by atoms with Crippen LogP contribution in [0.1, 0.15) is 13.8 Å². The van der Waals surface area contributed by atoms with E-state index >= 15 is 0 Å². The molecule has 2 atom stereocenters. The summed E-state index contributed by atoms with van der Waals surface area (Å²) < 4.78 is 0. The molecule has 58 valence electrons. The first-order chi connectivity index (χ1) is 5.11. The van der Waals surface area contributed by atoms with Gasteiger partial charge in [-0.1, -0.05) is 0 Å². The minimum Gasteiger partial charge on any atom is -0.339 e. The second kappa shape index (κ2) is 4.29. The Morgan fingerprint density at radius 1 is 1.36 bits per heavy atom. The number of carbonyl (C=O) groups is 1. The van der Waals surface area contributed by atoms with E-state index in [1.54, 1.807) is 13.0 Å². The highest BCUT2D eigenvalue weighted by atomic mass is 16.1. The van der Waals surface area contributed by atoms with E-state index in [0.29, 0.717) is 0 Å². The molecule has 0 radical (unpaired) electrons. The number of hydrogen-bond acceptors (Lipinski definition) is 3. The zero-order chi connectivity index (χ0) is 8.85. The number of nitrogens with zero attached hydrogens (tertiary/aromatic N) is 2. The fraction of sp³-hybridized carbons (Fsp3) is 0.571. The van der Waals surface area contributed by atoms with Crippen LogP contribution in [0.15, 0.2) is 0 Å². The molecule has 0 rings (SSSR count). The summed E-state index contributed by atoms with van der Waals surface area (Å²) in [7, 11) is 0. The molecule has 0 aliphatic rings. The van der Waals surface area contributed by atoms with Crippen LogP contribution in [0.2, 0.25) is 0 Å². The predicted octanol–water partition coefficient (Wildman–Crippen LogP) is 0.174. The Hall–Kier alpha value is -1.55. The van der Waals surface area contributed by atoms with Crippen molar-refractivity contribution in [3.63, 3.8) is 0 Å². The minimum atomic E-state index is -0.689. The first-order valence-electron chi connectivity index (χ1n) is 3.21. The summed E-state index contributed by atoms with van der Waals surface area (Å²) in [6.45, 7) is 3.04. The summed E-state index contributed by atoms with van der Waals surface area (Å²) in [5.41, 5.74) is 0. The predicted molar refractivity (Wildman–Crippen MR) is 38.0 cm³/mol. The van der Waals surface area contributed by atoms with Gasteiger partial charge in [0.05, 0.1) is 12.1 Å². The van der Waals surface area contributed by atoms with Gasteiger partial charge in [-0.3, -0.25) is 4.79 Å². The van der Waals surface area contributed by atoms with Crippen molar-refractivity contribution in [2.24, 2.45) is 5.92 Å². The first kappa shape index (κ1) is 9.45. The van der Waals surface area contributed by atoms with Crippen LogP contribution in [0.5, 0.6) is 0 Å². The van der Waals surface area contributed by atoms with E-state index in [-0.39, 0.29) is 0 Å². The molecule has 4 nitrogen and oxygen atoms in total. The van der Waals surface area contributed by atoms with Crippen LogP contribution < -0.4 is 5.32 Å². The van der Waals surface area contributed by atoms with Crippen molar-refractivity contribution in [3.8, 4) is 12.1 Å². The monoisotopic (exact) mass is 151 g/mol. The SMILES string of the molecule is CC(C#N)C(=O)N[C@@H](C)C#N. The van der Waals surface area contributed by atoms with Crippen LogP contribution in [0.4, 0.5) is 0 Å². The van der Waals surface area contributed by atoms with Crippen LogP contribution in [0.3, 0.4) is 0 Å². The van der Waals surface area contributed by atoms with E-state index in [2.05, 4.69) is 5.32 Å². The minimum absolute atomic E-state index is 0.401. The van der Waals surface area contributed by atoms with Crippen molar-refractivity contribution in [1.82, 2.24) is 5.32 Å². The molecule has 0 bridgehead atoms. The second-order valence-corrected chi connectivity index (χ2v) is 2.21. The fourth-order valence-electron chi connectivity index (χ4n) is 0.429. The Bertz CT molecular complexity index is 223. The smallest absolute Gasteiger partial charge is 0.238 e. The zero-order valence-corrected chi connectivity index (χ0v) is 6.46. The van der Waals surface area contributed by atoms with Crippen molar-refractivity contribution < 1.29 is 4.79 Å². The Morgan fingerprint density at radius 2 is 1.91 bits per heavy atom. The average molecular weight is 151 g/mol. The highest BCUT2D eigenvalue weighted by Crippen LogP contribution is 1.91. The van der Waals surface area contributed by atoms with Gasteiger partial charge in [-0.2, -0.15) is 10.5 Å². The zero-order valence-electron chi connectivity index (χ0n) is 6.46. The van der Waals surface area contributed by atoms with Gasteiger partial charge >= 0.3 is 0 Å². The number of rotatable bonds is 2. The maximum Gasteiger partial charge on any atom is 0.238 e. The quantitative estimate of drug-likeness (QED) is 0.611. The summed E-state index contributed by atoms with van der Waals surface area (Å²) in [6, 6.07) is 3.08. The molecule has 0 aliphatic carbocycles. The summed E-state index contributed by atoms with van der Waals surface area (Å²) >= 11 is 0. The molecular formula is C7H9N3O. The van der Waals surface area contributed by atoms with E-state index in [1.165, 1.54) is 6.92 Å². The normalized spacial score (nSPS) is 13.8. The maximum atomic E-state index is 10.9. The number of amides is 1. The molecule has 0 saturated heterocycles. The van der Waals surface area contributed by atoms with E-state index in [9.17, 15) is 4.79 Å². The second-order valence-electron chi connectivity index (χ2n) is 2.21. The molecular weight excluding hydrogens is 142 g/mol. The van der Waals surface area contributed by atoms with Crippen molar-refractivity contribution in [1.29, 1.82) is 10.5 Å². The molecule has 1 N–H and O–H groups in total. The Morgan fingerprint density at radius 3 is 2.27 bits per heavy atom. The van der Waals surface area contributed by atoms with E-state index in [1.807, 2.05) is 6.07 Å². The third-order valence-electron chi connectivity index (χ3n) is 1.14. The summed E-state index contributed by atoms with van der Waals surface area (Å²) in [5.74, 6) is -1.09. The molecule has 0 heterocycles.